The summed E-state index contributed by atoms with van der Waals surface area (Å²) in [5.41, 5.74) is 1.42. The number of halogens is 3. The molecule has 3 aromatic heterocycles. The van der Waals surface area contributed by atoms with Crippen LogP contribution < -0.4 is 5.32 Å². The molecule has 4 aromatic rings. The Bertz CT molecular complexity index is 1410. The van der Waals surface area contributed by atoms with Crippen LogP contribution >= 0.6 is 27.3 Å². The van der Waals surface area contributed by atoms with Crippen LogP contribution in [0.4, 0.5) is 8.78 Å². The van der Waals surface area contributed by atoms with Gasteiger partial charge in [0.2, 0.25) is 12.3 Å². The van der Waals surface area contributed by atoms with Gasteiger partial charge in [-0.2, -0.15) is 5.10 Å². The van der Waals surface area contributed by atoms with Gasteiger partial charge < -0.3 is 5.32 Å². The Morgan fingerprint density at radius 3 is 2.75 bits per heavy atom. The number of nitrogens with zero attached hydrogens (tertiary/aromatic N) is 6. The topological polar surface area (TPSA) is 98.5 Å². The number of aryl methyl sites for hydroxylation is 1. The standard InChI is InChI=1S/C24H24BrF2N7OS/c1-13-31-32-22(36-13)15-3-5-16(6-4-15)34-21-17(20(25)33-34)12-29-19(30-21)9-14-7-8-24(10-14,11-18(26)27)23(35)28-2/h3-6,12,14,18H,7-11H2,1-2H3,(H,28,35)/t14-,24+/m0/s1. The van der Waals surface area contributed by atoms with Crippen LogP contribution in [-0.2, 0) is 11.2 Å². The third kappa shape index (κ3) is 4.75. The van der Waals surface area contributed by atoms with Crippen molar-refractivity contribution in [3.8, 4) is 16.3 Å². The van der Waals surface area contributed by atoms with Crippen molar-refractivity contribution in [1.29, 1.82) is 0 Å². The SMILES string of the molecule is CNC(=O)[C@]1(CC(F)F)CC[C@@H](Cc2ncc3c(Br)nn(-c4ccc(-c5nnc(C)s5)cc4)c3n2)C1. The highest BCUT2D eigenvalue weighted by Gasteiger charge is 2.46. The van der Waals surface area contributed by atoms with E-state index >= 15 is 0 Å². The molecule has 5 rings (SSSR count). The van der Waals surface area contributed by atoms with E-state index in [9.17, 15) is 13.6 Å². The minimum absolute atomic E-state index is 0.0490. The van der Waals surface area contributed by atoms with Gasteiger partial charge in [0.25, 0.3) is 0 Å². The zero-order valence-electron chi connectivity index (χ0n) is 19.7. The molecule has 2 atom stereocenters. The summed E-state index contributed by atoms with van der Waals surface area (Å²) < 4.78 is 28.9. The number of aromatic nitrogens is 6. The molecule has 1 fully saturated rings. The van der Waals surface area contributed by atoms with Gasteiger partial charge in [-0.1, -0.05) is 11.3 Å². The van der Waals surface area contributed by atoms with Crippen LogP contribution in [-0.4, -0.2) is 49.3 Å². The molecule has 188 valence electrons. The lowest BCUT2D eigenvalue weighted by molar-refractivity contribution is -0.133. The largest absolute Gasteiger partial charge is 0.359 e. The Labute approximate surface area is 218 Å². The summed E-state index contributed by atoms with van der Waals surface area (Å²) in [4.78, 5) is 21.8. The maximum Gasteiger partial charge on any atom is 0.239 e. The molecule has 3 heterocycles. The van der Waals surface area contributed by atoms with Crippen molar-refractivity contribution in [2.45, 2.75) is 45.5 Å². The first-order chi connectivity index (χ1) is 17.3. The molecule has 1 aliphatic rings. The number of amides is 1. The minimum Gasteiger partial charge on any atom is -0.359 e. The molecule has 1 aromatic carbocycles. The van der Waals surface area contributed by atoms with Gasteiger partial charge in [0, 0.05) is 31.6 Å². The summed E-state index contributed by atoms with van der Waals surface area (Å²) in [6.45, 7) is 1.92. The van der Waals surface area contributed by atoms with Gasteiger partial charge in [-0.15, -0.1) is 10.2 Å². The van der Waals surface area contributed by atoms with Crippen molar-refractivity contribution in [2.75, 3.05) is 7.05 Å². The molecule has 36 heavy (non-hydrogen) atoms. The molecule has 0 saturated heterocycles. The van der Waals surface area contributed by atoms with E-state index in [0.717, 1.165) is 26.7 Å². The molecule has 0 spiro atoms. The quantitative estimate of drug-likeness (QED) is 0.328. The second-order valence-corrected chi connectivity index (χ2v) is 11.1. The Kier molecular flexibility index (Phi) is 6.82. The average molecular weight is 576 g/mol. The number of carbonyl (C=O) groups excluding carboxylic acids is 1. The minimum atomic E-state index is -2.53. The average Bonchev–Trinajstić information content (AvgIpc) is 3.56. The predicted molar refractivity (Wildman–Crippen MR) is 136 cm³/mol. The highest BCUT2D eigenvalue weighted by Crippen LogP contribution is 2.47. The fourth-order valence-electron chi connectivity index (χ4n) is 5.06. The molecule has 1 aliphatic carbocycles. The lowest BCUT2D eigenvalue weighted by atomic mass is 9.80. The fourth-order valence-corrected chi connectivity index (χ4v) is 6.19. The number of nitrogens with one attached hydrogen (secondary N) is 1. The number of hydrogen-bond donors (Lipinski definition) is 1. The maximum absolute atomic E-state index is 13.3. The van der Waals surface area contributed by atoms with Gasteiger partial charge in [-0.05, 0) is 72.3 Å². The van der Waals surface area contributed by atoms with Gasteiger partial charge in [-0.25, -0.2) is 23.4 Å². The van der Waals surface area contributed by atoms with Crippen molar-refractivity contribution < 1.29 is 13.6 Å². The van der Waals surface area contributed by atoms with Gasteiger partial charge >= 0.3 is 0 Å². The highest BCUT2D eigenvalue weighted by molar-refractivity contribution is 9.10. The summed E-state index contributed by atoms with van der Waals surface area (Å²) >= 11 is 5.03. The molecule has 1 amide bonds. The fraction of sp³-hybridized carbons (Fsp3) is 0.417. The molecule has 0 aliphatic heterocycles. The lowest BCUT2D eigenvalue weighted by Crippen LogP contribution is -2.39. The van der Waals surface area contributed by atoms with Crippen LogP contribution in [0.5, 0.6) is 0 Å². The molecule has 0 unspecified atom stereocenters. The Morgan fingerprint density at radius 2 is 2.08 bits per heavy atom. The van der Waals surface area contributed by atoms with Gasteiger partial charge in [0.15, 0.2) is 5.65 Å². The number of hydrogen-bond acceptors (Lipinski definition) is 7. The van der Waals surface area contributed by atoms with Crippen LogP contribution in [0.25, 0.3) is 27.3 Å². The summed E-state index contributed by atoms with van der Waals surface area (Å²) in [7, 11) is 1.50. The van der Waals surface area contributed by atoms with Gasteiger partial charge in [-0.3, -0.25) is 4.79 Å². The number of carbonyl (C=O) groups is 1. The third-order valence-corrected chi connectivity index (χ3v) is 8.22. The van der Waals surface area contributed by atoms with Crippen LogP contribution in [0.15, 0.2) is 35.1 Å². The third-order valence-electron chi connectivity index (χ3n) is 6.75. The summed E-state index contributed by atoms with van der Waals surface area (Å²) in [5.74, 6) is 0.343. The Balaban J connectivity index is 1.40. The van der Waals surface area contributed by atoms with Gasteiger partial charge in [0.05, 0.1) is 16.5 Å². The summed E-state index contributed by atoms with van der Waals surface area (Å²) in [5, 5.41) is 18.0. The molecule has 1 saturated carbocycles. The zero-order chi connectivity index (χ0) is 25.4. The van der Waals surface area contributed by atoms with E-state index in [1.807, 2.05) is 31.2 Å². The first-order valence-corrected chi connectivity index (χ1v) is 13.2. The van der Waals surface area contributed by atoms with E-state index in [-0.39, 0.29) is 11.8 Å². The molecular formula is C24H24BrF2N7OS. The smallest absolute Gasteiger partial charge is 0.239 e. The Morgan fingerprint density at radius 1 is 1.31 bits per heavy atom. The lowest BCUT2D eigenvalue weighted by Gasteiger charge is -2.27. The highest BCUT2D eigenvalue weighted by atomic mass is 79.9. The molecule has 12 heteroatoms. The van der Waals surface area contributed by atoms with E-state index in [1.54, 1.807) is 10.9 Å². The van der Waals surface area contributed by atoms with E-state index in [1.165, 1.54) is 18.4 Å². The monoisotopic (exact) mass is 575 g/mol. The maximum atomic E-state index is 13.3. The van der Waals surface area contributed by atoms with Crippen LogP contribution in [0.2, 0.25) is 0 Å². The van der Waals surface area contributed by atoms with E-state index in [2.05, 4.69) is 41.5 Å². The number of benzene rings is 1. The summed E-state index contributed by atoms with van der Waals surface area (Å²) in [6.07, 6.45) is 0.802. The molecule has 1 N–H and O–H groups in total. The molecule has 0 bridgehead atoms. The predicted octanol–water partition coefficient (Wildman–Crippen LogP) is 5.14. The molecular weight excluding hydrogens is 552 g/mol. The normalized spacial score (nSPS) is 19.9. The van der Waals surface area contributed by atoms with Crippen molar-refractivity contribution in [3.63, 3.8) is 0 Å². The van der Waals surface area contributed by atoms with Gasteiger partial charge in [0.1, 0.15) is 20.4 Å². The van der Waals surface area contributed by atoms with Crippen molar-refractivity contribution >= 4 is 44.2 Å². The van der Waals surface area contributed by atoms with Crippen molar-refractivity contribution in [3.05, 3.63) is 45.9 Å². The Hall–Kier alpha value is -2.86. The van der Waals surface area contributed by atoms with E-state index in [4.69, 9.17) is 4.98 Å². The molecule has 8 nitrogen and oxygen atoms in total. The summed E-state index contributed by atoms with van der Waals surface area (Å²) in [6, 6.07) is 7.84. The van der Waals surface area contributed by atoms with Crippen molar-refractivity contribution in [2.24, 2.45) is 11.3 Å². The van der Waals surface area contributed by atoms with E-state index < -0.39 is 18.3 Å². The zero-order valence-corrected chi connectivity index (χ0v) is 22.1. The van der Waals surface area contributed by atoms with Crippen LogP contribution in [0, 0.1) is 18.3 Å². The first kappa shape index (κ1) is 24.8. The second-order valence-electron chi connectivity index (χ2n) is 9.17. The number of fused-ring (bicyclic) bond motifs is 1. The van der Waals surface area contributed by atoms with E-state index in [0.29, 0.717) is 41.8 Å². The number of alkyl halides is 2. The van der Waals surface area contributed by atoms with Crippen molar-refractivity contribution in [1.82, 2.24) is 35.3 Å². The first-order valence-electron chi connectivity index (χ1n) is 11.6. The number of rotatable bonds is 7. The van der Waals surface area contributed by atoms with Crippen LogP contribution in [0.3, 0.4) is 0 Å². The van der Waals surface area contributed by atoms with Crippen LogP contribution in [0.1, 0.15) is 36.5 Å². The molecule has 0 radical (unpaired) electrons. The second kappa shape index (κ2) is 9.89.